The number of nitrogens with zero attached hydrogens (tertiary/aromatic N) is 2. The van der Waals surface area contributed by atoms with Gasteiger partial charge in [-0.1, -0.05) is 66.7 Å². The van der Waals surface area contributed by atoms with E-state index in [0.717, 1.165) is 100 Å². The van der Waals surface area contributed by atoms with Gasteiger partial charge in [-0.2, -0.15) is 0 Å². The Morgan fingerprint density at radius 2 is 1.84 bits per heavy atom. The Morgan fingerprint density at radius 1 is 0.920 bits per heavy atom. The molecule has 0 bridgehead atoms. The van der Waals surface area contributed by atoms with Gasteiger partial charge in [0.25, 0.3) is 0 Å². The van der Waals surface area contributed by atoms with Crippen LogP contribution in [0.4, 0.5) is 0 Å². The minimum absolute atomic E-state index is 0.0126. The largest absolute Gasteiger partial charge is 0.496 e. The number of pyridine rings is 1. The highest BCUT2D eigenvalue weighted by molar-refractivity contribution is 6.15. The maximum Gasteiger partial charge on any atom is 0.121 e. The fourth-order valence-electron chi connectivity index (χ4n) is 8.05. The van der Waals surface area contributed by atoms with E-state index in [9.17, 15) is 0 Å². The molecule has 1 aromatic heterocycles. The van der Waals surface area contributed by atoms with E-state index >= 15 is 0 Å². The Labute approximate surface area is 298 Å². The highest BCUT2D eigenvalue weighted by Crippen LogP contribution is 2.41. The van der Waals surface area contributed by atoms with E-state index in [1.54, 1.807) is 7.11 Å². The zero-order valence-electron chi connectivity index (χ0n) is 30.3. The monoisotopic (exact) mass is 662 g/mol. The van der Waals surface area contributed by atoms with E-state index < -0.39 is 0 Å². The Balaban J connectivity index is 1.09. The molecular weight excluding hydrogens is 613 g/mol. The van der Waals surface area contributed by atoms with Crippen LogP contribution < -0.4 is 4.74 Å². The lowest BCUT2D eigenvalue weighted by molar-refractivity contribution is 0.146. The van der Waals surface area contributed by atoms with Crippen molar-refractivity contribution < 1.29 is 9.47 Å². The molecule has 3 heterocycles. The Bertz CT molecular complexity index is 1980. The number of aliphatic imine (C=N–C) groups is 1. The molecule has 1 unspecified atom stereocenters. The van der Waals surface area contributed by atoms with Crippen molar-refractivity contribution in [1.29, 1.82) is 0 Å². The molecule has 2 aliphatic heterocycles. The van der Waals surface area contributed by atoms with Crippen LogP contribution in [0.3, 0.4) is 0 Å². The molecule has 0 fully saturated rings. The van der Waals surface area contributed by atoms with Crippen LogP contribution in [0, 0.1) is 13.8 Å². The molecule has 1 aromatic carbocycles. The smallest absolute Gasteiger partial charge is 0.121 e. The van der Waals surface area contributed by atoms with Gasteiger partial charge in [-0.15, -0.1) is 5.73 Å². The molecular formula is C46H50N2O2. The second kappa shape index (κ2) is 15.2. The molecule has 4 heteroatoms. The van der Waals surface area contributed by atoms with Gasteiger partial charge < -0.3 is 9.47 Å². The summed E-state index contributed by atoms with van der Waals surface area (Å²) < 4.78 is 11.2. The van der Waals surface area contributed by atoms with Crippen LogP contribution in [0.5, 0.6) is 5.75 Å². The van der Waals surface area contributed by atoms with E-state index in [2.05, 4.69) is 105 Å². The molecule has 50 heavy (non-hydrogen) atoms. The Kier molecular flexibility index (Phi) is 10.3. The second-order valence-corrected chi connectivity index (χ2v) is 14.6. The van der Waals surface area contributed by atoms with Crippen molar-refractivity contribution in [2.75, 3.05) is 20.3 Å². The summed E-state index contributed by atoms with van der Waals surface area (Å²) >= 11 is 0. The predicted molar refractivity (Wildman–Crippen MR) is 207 cm³/mol. The minimum atomic E-state index is -0.0126. The summed E-state index contributed by atoms with van der Waals surface area (Å²) in [5.41, 5.74) is 19.9. The lowest BCUT2D eigenvalue weighted by Gasteiger charge is -2.29. The van der Waals surface area contributed by atoms with Crippen LogP contribution in [0.1, 0.15) is 88.1 Å². The highest BCUT2D eigenvalue weighted by atomic mass is 16.5. The third-order valence-corrected chi connectivity index (χ3v) is 11.1. The number of ether oxygens (including phenoxy) is 2. The minimum Gasteiger partial charge on any atom is -0.496 e. The van der Waals surface area contributed by atoms with Crippen molar-refractivity contribution in [2.45, 2.75) is 90.4 Å². The van der Waals surface area contributed by atoms with Crippen LogP contribution in [0.25, 0.3) is 11.1 Å². The van der Waals surface area contributed by atoms with Gasteiger partial charge in [0, 0.05) is 27.9 Å². The third kappa shape index (κ3) is 7.48. The van der Waals surface area contributed by atoms with Crippen molar-refractivity contribution in [1.82, 2.24) is 4.98 Å². The number of hydrogen-bond donors (Lipinski definition) is 0. The van der Waals surface area contributed by atoms with Crippen molar-refractivity contribution in [3.63, 3.8) is 0 Å². The Morgan fingerprint density at radius 3 is 2.70 bits per heavy atom. The van der Waals surface area contributed by atoms with Gasteiger partial charge in [-0.25, -0.2) is 4.99 Å². The summed E-state index contributed by atoms with van der Waals surface area (Å²) in [6.07, 6.45) is 30.9. The fraction of sp³-hybridized carbons (Fsp3) is 0.370. The topological polar surface area (TPSA) is 43.7 Å². The van der Waals surface area contributed by atoms with E-state index in [4.69, 9.17) is 19.5 Å². The van der Waals surface area contributed by atoms with Crippen LogP contribution in [0.2, 0.25) is 0 Å². The summed E-state index contributed by atoms with van der Waals surface area (Å²) in [4.78, 5) is 10.3. The van der Waals surface area contributed by atoms with Crippen molar-refractivity contribution in [3.8, 4) is 16.9 Å². The summed E-state index contributed by atoms with van der Waals surface area (Å²) in [5, 5.41) is 0. The van der Waals surface area contributed by atoms with Gasteiger partial charge in [-0.3, -0.25) is 4.98 Å². The summed E-state index contributed by atoms with van der Waals surface area (Å²) in [7, 11) is 1.72. The lowest BCUT2D eigenvalue weighted by atomic mass is 9.77. The zero-order chi connectivity index (χ0) is 34.5. The number of methoxy groups -OCH3 is 1. The van der Waals surface area contributed by atoms with Gasteiger partial charge >= 0.3 is 0 Å². The summed E-state index contributed by atoms with van der Waals surface area (Å²) in [6, 6.07) is 10.9. The van der Waals surface area contributed by atoms with E-state index in [0.29, 0.717) is 0 Å². The number of allylic oxidation sites excluding steroid dienone is 13. The van der Waals surface area contributed by atoms with Crippen LogP contribution >= 0.6 is 0 Å². The molecule has 256 valence electrons. The van der Waals surface area contributed by atoms with E-state index in [1.807, 2.05) is 6.20 Å². The molecule has 2 aromatic rings. The van der Waals surface area contributed by atoms with Gasteiger partial charge in [0.1, 0.15) is 5.75 Å². The maximum absolute atomic E-state index is 5.67. The standard InChI is InChI=1S/C46H50N2O2/c1-32-29-40(18-20-43(32)49-4)41-19-21-44(48-33(41)2)46(3)24-6-12-38(22-25-46)45-42-31-39(17-16-37(42)13-7-26-47-45)36-11-5-9-34(14-15-36)30-35-10-8-27-50-28-23-35/h5,10-15,18-21,26,29,31H,6,8-9,16-17,22-25,27-28,30H2,1-4H3. The molecule has 0 spiro atoms. The molecule has 3 aliphatic carbocycles. The summed E-state index contributed by atoms with van der Waals surface area (Å²) in [6.45, 7) is 8.33. The first-order valence-electron chi connectivity index (χ1n) is 18.5. The molecule has 7 rings (SSSR count). The molecule has 4 nitrogen and oxygen atoms in total. The quantitative estimate of drug-likeness (QED) is 0.219. The molecule has 0 saturated heterocycles. The number of benzene rings is 1. The number of aryl methyl sites for hydroxylation is 2. The van der Waals surface area contributed by atoms with Crippen LogP contribution in [-0.2, 0) is 10.2 Å². The highest BCUT2D eigenvalue weighted by Gasteiger charge is 2.32. The maximum atomic E-state index is 5.67. The van der Waals surface area contributed by atoms with E-state index in [-0.39, 0.29) is 5.41 Å². The molecule has 5 aliphatic rings. The zero-order valence-corrected chi connectivity index (χ0v) is 30.3. The first-order valence-corrected chi connectivity index (χ1v) is 18.5. The SMILES string of the molecule is COc1ccc(-c2ccc(C3(C)CCC=C(C4=NC=C=CC5=C4C=C(C4=CC=C(CC6=CCCOCC6)CC=C4)CC5)CC3)nc2C)cc1C. The first kappa shape index (κ1) is 34.0. The third-order valence-electron chi connectivity index (χ3n) is 11.1. The van der Waals surface area contributed by atoms with Gasteiger partial charge in [0.05, 0.1) is 32.2 Å². The second-order valence-electron chi connectivity index (χ2n) is 14.6. The average molecular weight is 663 g/mol. The average Bonchev–Trinajstić information content (AvgIpc) is 3.68. The normalized spacial score (nSPS) is 22.5. The van der Waals surface area contributed by atoms with Gasteiger partial charge in [0.2, 0.25) is 0 Å². The van der Waals surface area contributed by atoms with Crippen molar-refractivity contribution >= 4 is 5.71 Å². The number of rotatable bonds is 7. The van der Waals surface area contributed by atoms with E-state index in [1.165, 1.54) is 55.8 Å². The van der Waals surface area contributed by atoms with Gasteiger partial charge in [-0.05, 0) is 142 Å². The van der Waals surface area contributed by atoms with Gasteiger partial charge in [0.15, 0.2) is 0 Å². The predicted octanol–water partition coefficient (Wildman–Crippen LogP) is 11.2. The van der Waals surface area contributed by atoms with Crippen LogP contribution in [0.15, 0.2) is 135 Å². The number of aromatic nitrogens is 1. The summed E-state index contributed by atoms with van der Waals surface area (Å²) in [5.74, 6) is 0.914. The van der Waals surface area contributed by atoms with Crippen molar-refractivity contribution in [2.24, 2.45) is 4.99 Å². The molecule has 0 N–H and O–H groups in total. The van der Waals surface area contributed by atoms with Crippen molar-refractivity contribution in [3.05, 3.63) is 147 Å². The fourth-order valence-corrected chi connectivity index (χ4v) is 8.05. The molecule has 1 atom stereocenters. The molecule has 0 saturated carbocycles. The first-order chi connectivity index (χ1) is 24.4. The lowest BCUT2D eigenvalue weighted by Crippen LogP contribution is -2.23. The number of hydrogen-bond acceptors (Lipinski definition) is 4. The Hall–Kier alpha value is -4.50. The molecule has 0 radical (unpaired) electrons. The van der Waals surface area contributed by atoms with Crippen LogP contribution in [-0.4, -0.2) is 31.0 Å². The molecule has 0 amide bonds.